The van der Waals surface area contributed by atoms with Crippen molar-refractivity contribution in [1.82, 2.24) is 0 Å². The second-order valence-electron chi connectivity index (χ2n) is 10.8. The SMILES string of the molecule is C=CCCC1CCC2CC(C3CCC(C(=O)Oc4ccc(C(F)(F)F)c(F)c4)CC3)CCC2C1. The standard InChI is InChI=1S/C28H36F4O2/c1-2-3-4-18-5-6-23-16-22(12-11-21(23)15-18)19-7-9-20(10-8-19)27(33)34-24-13-14-25(26(29)17-24)28(30,31)32/h2,13-14,17-23H,1,3-12,15-16H2. The second-order valence-corrected chi connectivity index (χ2v) is 10.8. The number of hydrogen-bond donors (Lipinski definition) is 0. The van der Waals surface area contributed by atoms with Gasteiger partial charge in [-0.1, -0.05) is 12.5 Å². The molecule has 0 amide bonds. The Morgan fingerprint density at radius 2 is 1.56 bits per heavy atom. The lowest BCUT2D eigenvalue weighted by molar-refractivity contribution is -0.140. The van der Waals surface area contributed by atoms with Crippen LogP contribution >= 0.6 is 0 Å². The van der Waals surface area contributed by atoms with Crippen molar-refractivity contribution in [2.75, 3.05) is 0 Å². The molecule has 34 heavy (non-hydrogen) atoms. The van der Waals surface area contributed by atoms with E-state index < -0.39 is 23.5 Å². The number of halogens is 4. The van der Waals surface area contributed by atoms with Crippen LogP contribution in [0.4, 0.5) is 17.6 Å². The fraction of sp³-hybridized carbons (Fsp3) is 0.679. The summed E-state index contributed by atoms with van der Waals surface area (Å²) in [7, 11) is 0. The summed E-state index contributed by atoms with van der Waals surface area (Å²) in [5.74, 6) is 1.68. The zero-order valence-corrected chi connectivity index (χ0v) is 19.8. The molecule has 3 aliphatic rings. The van der Waals surface area contributed by atoms with Gasteiger partial charge in [-0.05, 0) is 112 Å². The summed E-state index contributed by atoms with van der Waals surface area (Å²) in [6.07, 6.45) is 11.2. The third-order valence-corrected chi connectivity index (χ3v) is 8.78. The van der Waals surface area contributed by atoms with Crippen molar-refractivity contribution in [2.45, 2.75) is 83.2 Å². The second kappa shape index (κ2) is 10.8. The molecule has 0 N–H and O–H groups in total. The van der Waals surface area contributed by atoms with Crippen molar-refractivity contribution in [3.63, 3.8) is 0 Å². The predicted molar refractivity (Wildman–Crippen MR) is 124 cm³/mol. The molecular formula is C28H36F4O2. The van der Waals surface area contributed by atoms with Crippen molar-refractivity contribution < 1.29 is 27.1 Å². The van der Waals surface area contributed by atoms with E-state index in [4.69, 9.17) is 4.74 Å². The van der Waals surface area contributed by atoms with Crippen LogP contribution in [0.3, 0.4) is 0 Å². The maximum absolute atomic E-state index is 13.8. The van der Waals surface area contributed by atoms with E-state index in [-0.39, 0.29) is 11.7 Å². The summed E-state index contributed by atoms with van der Waals surface area (Å²) < 4.78 is 57.2. The van der Waals surface area contributed by atoms with E-state index in [2.05, 4.69) is 6.58 Å². The predicted octanol–water partition coefficient (Wildman–Crippen LogP) is 8.36. The van der Waals surface area contributed by atoms with Gasteiger partial charge in [0, 0.05) is 6.07 Å². The number of carbonyl (C=O) groups is 1. The van der Waals surface area contributed by atoms with Crippen LogP contribution in [0.15, 0.2) is 30.9 Å². The fourth-order valence-electron chi connectivity index (χ4n) is 6.88. The van der Waals surface area contributed by atoms with Crippen molar-refractivity contribution >= 4 is 5.97 Å². The number of hydrogen-bond acceptors (Lipinski definition) is 2. The van der Waals surface area contributed by atoms with E-state index in [1.165, 1.54) is 44.9 Å². The number of fused-ring (bicyclic) bond motifs is 1. The fourth-order valence-corrected chi connectivity index (χ4v) is 6.88. The molecule has 3 saturated carbocycles. The Hall–Kier alpha value is -1.85. The number of benzene rings is 1. The van der Waals surface area contributed by atoms with Gasteiger partial charge in [0.1, 0.15) is 11.6 Å². The quantitative estimate of drug-likeness (QED) is 0.177. The summed E-state index contributed by atoms with van der Waals surface area (Å²) in [6.45, 7) is 3.86. The van der Waals surface area contributed by atoms with Gasteiger partial charge in [-0.15, -0.1) is 6.58 Å². The molecule has 1 aromatic rings. The third kappa shape index (κ3) is 6.04. The molecule has 0 heterocycles. The van der Waals surface area contributed by atoms with Gasteiger partial charge < -0.3 is 4.74 Å². The largest absolute Gasteiger partial charge is 0.426 e. The zero-order valence-electron chi connectivity index (χ0n) is 19.8. The number of carbonyl (C=O) groups excluding carboxylic acids is 1. The molecule has 0 saturated heterocycles. The normalized spacial score (nSPS) is 32.0. The molecule has 1 aromatic carbocycles. The number of esters is 1. The van der Waals surface area contributed by atoms with Gasteiger partial charge in [0.15, 0.2) is 0 Å². The molecule has 4 rings (SSSR count). The van der Waals surface area contributed by atoms with Gasteiger partial charge in [0.2, 0.25) is 0 Å². The molecule has 0 aromatic heterocycles. The average molecular weight is 481 g/mol. The van der Waals surface area contributed by atoms with Gasteiger partial charge in [-0.2, -0.15) is 13.2 Å². The molecule has 4 unspecified atom stereocenters. The van der Waals surface area contributed by atoms with Crippen LogP contribution in [0.2, 0.25) is 0 Å². The average Bonchev–Trinajstić information content (AvgIpc) is 2.81. The summed E-state index contributed by atoms with van der Waals surface area (Å²) in [6, 6.07) is 2.29. The lowest BCUT2D eigenvalue weighted by Crippen LogP contribution is -2.35. The first kappa shape index (κ1) is 25.2. The van der Waals surface area contributed by atoms with E-state index in [1.54, 1.807) is 0 Å². The number of alkyl halides is 3. The highest BCUT2D eigenvalue weighted by Gasteiger charge is 2.39. The van der Waals surface area contributed by atoms with Crippen LogP contribution in [-0.4, -0.2) is 5.97 Å². The third-order valence-electron chi connectivity index (χ3n) is 8.78. The van der Waals surface area contributed by atoms with E-state index in [0.29, 0.717) is 18.1 Å². The number of rotatable bonds is 6. The summed E-state index contributed by atoms with van der Waals surface area (Å²) >= 11 is 0. The van der Waals surface area contributed by atoms with Gasteiger partial charge in [0.05, 0.1) is 11.5 Å². The van der Waals surface area contributed by atoms with E-state index in [0.717, 1.165) is 61.8 Å². The molecule has 3 aliphatic carbocycles. The van der Waals surface area contributed by atoms with Crippen LogP contribution in [0, 0.1) is 41.3 Å². The maximum atomic E-state index is 13.8. The van der Waals surface area contributed by atoms with Crippen molar-refractivity contribution in [3.05, 3.63) is 42.2 Å². The number of ether oxygens (including phenoxy) is 1. The Morgan fingerprint density at radius 1 is 0.941 bits per heavy atom. The molecule has 188 valence electrons. The highest BCUT2D eigenvalue weighted by molar-refractivity contribution is 5.75. The number of allylic oxidation sites excluding steroid dienone is 1. The molecule has 3 fully saturated rings. The van der Waals surface area contributed by atoms with Gasteiger partial charge >= 0.3 is 12.1 Å². The minimum atomic E-state index is -4.77. The molecule has 4 atom stereocenters. The molecule has 0 spiro atoms. The Balaban J connectivity index is 1.23. The van der Waals surface area contributed by atoms with Gasteiger partial charge in [0.25, 0.3) is 0 Å². The Bertz CT molecular complexity index is 856. The van der Waals surface area contributed by atoms with Gasteiger partial charge in [-0.3, -0.25) is 4.79 Å². The smallest absolute Gasteiger partial charge is 0.419 e. The molecular weight excluding hydrogens is 444 g/mol. The Kier molecular flexibility index (Phi) is 8.04. The minimum Gasteiger partial charge on any atom is -0.426 e. The van der Waals surface area contributed by atoms with Crippen LogP contribution in [0.25, 0.3) is 0 Å². The van der Waals surface area contributed by atoms with E-state index >= 15 is 0 Å². The van der Waals surface area contributed by atoms with Crippen LogP contribution in [0.1, 0.15) is 82.6 Å². The Labute approximate surface area is 200 Å². The highest BCUT2D eigenvalue weighted by atomic mass is 19.4. The Morgan fingerprint density at radius 3 is 2.21 bits per heavy atom. The molecule has 0 bridgehead atoms. The van der Waals surface area contributed by atoms with Crippen molar-refractivity contribution in [2.24, 2.45) is 35.5 Å². The van der Waals surface area contributed by atoms with Crippen molar-refractivity contribution in [3.8, 4) is 5.75 Å². The monoisotopic (exact) mass is 480 g/mol. The summed E-state index contributed by atoms with van der Waals surface area (Å²) in [5, 5.41) is 0. The van der Waals surface area contributed by atoms with Crippen LogP contribution in [-0.2, 0) is 11.0 Å². The summed E-state index contributed by atoms with van der Waals surface area (Å²) in [5.41, 5.74) is -1.35. The summed E-state index contributed by atoms with van der Waals surface area (Å²) in [4.78, 5) is 12.6. The molecule has 0 aliphatic heterocycles. The lowest BCUT2D eigenvalue weighted by atomic mass is 9.60. The first-order valence-corrected chi connectivity index (χ1v) is 12.9. The van der Waals surface area contributed by atoms with Gasteiger partial charge in [-0.25, -0.2) is 4.39 Å². The minimum absolute atomic E-state index is 0.167. The lowest BCUT2D eigenvalue weighted by Gasteiger charge is -2.45. The maximum Gasteiger partial charge on any atom is 0.419 e. The van der Waals surface area contributed by atoms with Crippen LogP contribution < -0.4 is 4.74 Å². The molecule has 0 radical (unpaired) electrons. The van der Waals surface area contributed by atoms with Crippen molar-refractivity contribution in [1.29, 1.82) is 0 Å². The van der Waals surface area contributed by atoms with E-state index in [9.17, 15) is 22.4 Å². The zero-order chi connectivity index (χ0) is 24.3. The van der Waals surface area contributed by atoms with E-state index in [1.807, 2.05) is 6.08 Å². The van der Waals surface area contributed by atoms with Crippen LogP contribution in [0.5, 0.6) is 5.75 Å². The first-order chi connectivity index (χ1) is 16.2. The highest BCUT2D eigenvalue weighted by Crippen LogP contribution is 2.49. The molecule has 2 nitrogen and oxygen atoms in total. The first-order valence-electron chi connectivity index (χ1n) is 12.9. The topological polar surface area (TPSA) is 26.3 Å². The molecule has 6 heteroatoms.